The molecule has 204 valence electrons. The molecule has 0 saturated carbocycles. The van der Waals surface area contributed by atoms with E-state index < -0.39 is 5.97 Å². The third-order valence-corrected chi connectivity index (χ3v) is 6.42. The summed E-state index contributed by atoms with van der Waals surface area (Å²) in [6.45, 7) is 5.25. The molecule has 8 nitrogen and oxygen atoms in total. The Bertz CT molecular complexity index is 1110. The number of likely N-dealkylation sites (tertiary alicyclic amines) is 1. The summed E-state index contributed by atoms with van der Waals surface area (Å²) in [4.78, 5) is 26.9. The first-order valence-electron chi connectivity index (χ1n) is 12.7. The number of nitrogens with zero attached hydrogens (tertiary/aromatic N) is 2. The minimum absolute atomic E-state index is 0. The van der Waals surface area contributed by atoms with Gasteiger partial charge in [-0.2, -0.15) is 0 Å². The monoisotopic (exact) mass is 521 g/mol. The number of likely N-dealkylation sites (N-methyl/N-ethyl adjacent to an activating group) is 1. The lowest BCUT2D eigenvalue weighted by Crippen LogP contribution is -2.36. The number of hydrogen-bond donors (Lipinski definition) is 3. The van der Waals surface area contributed by atoms with Crippen LogP contribution < -0.4 is 10.2 Å². The lowest BCUT2D eigenvalue weighted by Gasteiger charge is -2.33. The van der Waals surface area contributed by atoms with E-state index in [-0.39, 0.29) is 23.5 Å². The first-order chi connectivity index (χ1) is 17.9. The Kier molecular flexibility index (Phi) is 12.5. The minimum atomic E-state index is -0.879. The predicted octanol–water partition coefficient (Wildman–Crippen LogP) is 3.63. The first kappa shape index (κ1) is 30.5. The molecule has 1 saturated heterocycles. The second-order valence-corrected chi connectivity index (χ2v) is 9.21. The molecule has 0 aromatic heterocycles. The van der Waals surface area contributed by atoms with Crippen molar-refractivity contribution in [3.05, 3.63) is 102 Å². The van der Waals surface area contributed by atoms with E-state index in [2.05, 4.69) is 46.4 Å². The van der Waals surface area contributed by atoms with Gasteiger partial charge in [0.25, 0.3) is 5.91 Å². The van der Waals surface area contributed by atoms with Crippen LogP contribution in [0.1, 0.15) is 52.1 Å². The van der Waals surface area contributed by atoms with Crippen molar-refractivity contribution >= 4 is 17.6 Å². The van der Waals surface area contributed by atoms with Gasteiger partial charge in [0.05, 0.1) is 17.7 Å². The van der Waals surface area contributed by atoms with Crippen molar-refractivity contribution < 1.29 is 25.3 Å². The smallest absolute Gasteiger partial charge is 0.335 e. The molecule has 4 rings (SSSR count). The maximum atomic E-state index is 12.1. The normalized spacial score (nSPS) is 15.4. The highest BCUT2D eigenvalue weighted by atomic mass is 16.4. The van der Waals surface area contributed by atoms with Gasteiger partial charge in [0.2, 0.25) is 0 Å². The number of nitrogens with one attached hydrogen (secondary N) is 1. The van der Waals surface area contributed by atoms with Crippen LogP contribution in [0.2, 0.25) is 0 Å². The Hall–Kier alpha value is -3.72. The van der Waals surface area contributed by atoms with E-state index in [0.717, 1.165) is 38.2 Å². The van der Waals surface area contributed by atoms with Crippen LogP contribution >= 0.6 is 0 Å². The highest BCUT2D eigenvalue weighted by molar-refractivity contribution is 5.94. The Morgan fingerprint density at radius 1 is 0.974 bits per heavy atom. The summed E-state index contributed by atoms with van der Waals surface area (Å²) in [5.74, 6) is -0.905. The Labute approximate surface area is 224 Å². The number of carbonyl (C=O) groups is 2. The van der Waals surface area contributed by atoms with Gasteiger partial charge < -0.3 is 25.9 Å². The third-order valence-electron chi connectivity index (χ3n) is 6.42. The number of β-amino-alcohol motifs (C(OH)–C–C–N with tert-alkyl or cyclic N) is 1. The van der Waals surface area contributed by atoms with Crippen molar-refractivity contribution in [2.24, 2.45) is 0 Å². The molecule has 0 aliphatic carbocycles. The van der Waals surface area contributed by atoms with Crippen LogP contribution in [0.25, 0.3) is 0 Å². The number of amides is 1. The molecule has 1 aliphatic rings. The number of aromatic carboxylic acids is 1. The molecule has 8 heteroatoms. The van der Waals surface area contributed by atoms with E-state index in [0.29, 0.717) is 17.7 Å². The lowest BCUT2D eigenvalue weighted by atomic mass is 10.0. The lowest BCUT2D eigenvalue weighted by molar-refractivity contribution is 0.0696. The van der Waals surface area contributed by atoms with Crippen molar-refractivity contribution in [2.45, 2.75) is 31.9 Å². The number of carbonyl (C=O) groups excluding carboxylic acids is 1. The largest absolute Gasteiger partial charge is 0.478 e. The molecule has 0 unspecified atom stereocenters. The predicted molar refractivity (Wildman–Crippen MR) is 151 cm³/mol. The second kappa shape index (κ2) is 15.5. The van der Waals surface area contributed by atoms with Gasteiger partial charge in [0.1, 0.15) is 0 Å². The molecule has 1 fully saturated rings. The zero-order valence-corrected chi connectivity index (χ0v) is 22.1. The maximum Gasteiger partial charge on any atom is 0.335 e. The summed E-state index contributed by atoms with van der Waals surface area (Å²) >= 11 is 0. The van der Waals surface area contributed by atoms with Gasteiger partial charge in [-0.3, -0.25) is 9.69 Å². The van der Waals surface area contributed by atoms with Gasteiger partial charge >= 0.3 is 5.97 Å². The van der Waals surface area contributed by atoms with Crippen LogP contribution in [-0.4, -0.2) is 71.8 Å². The number of anilines is 1. The molecule has 1 amide bonds. The van der Waals surface area contributed by atoms with E-state index in [1.165, 1.54) is 5.56 Å². The topological polar surface area (TPSA) is 125 Å². The Morgan fingerprint density at radius 3 is 2.08 bits per heavy atom. The molecule has 1 aliphatic heterocycles. The Morgan fingerprint density at radius 2 is 1.58 bits per heavy atom. The molecule has 0 bridgehead atoms. The van der Waals surface area contributed by atoms with Crippen LogP contribution in [0.4, 0.5) is 5.69 Å². The molecule has 0 radical (unpaired) electrons. The zero-order chi connectivity index (χ0) is 26.6. The van der Waals surface area contributed by atoms with E-state index in [1.54, 1.807) is 30.3 Å². The summed E-state index contributed by atoms with van der Waals surface area (Å²) in [5, 5.41) is 21.2. The fraction of sp³-hybridized carbons (Fsp3) is 0.333. The number of benzene rings is 3. The number of carboxylic acid groups (broad SMARTS) is 1. The quantitative estimate of drug-likeness (QED) is 0.395. The minimum Gasteiger partial charge on any atom is -0.478 e. The molecule has 3 aromatic carbocycles. The van der Waals surface area contributed by atoms with Crippen molar-refractivity contribution in [1.82, 2.24) is 10.2 Å². The fourth-order valence-electron chi connectivity index (χ4n) is 4.30. The third kappa shape index (κ3) is 8.99. The van der Waals surface area contributed by atoms with E-state index in [9.17, 15) is 14.7 Å². The SMILES string of the molecule is CCCNC(=O)c1ccc(N(C)[C@H](CN2CC[C@H](O)C2)c2ccccc2)cc1.O.O=C(O)c1ccccc1. The van der Waals surface area contributed by atoms with Crippen molar-refractivity contribution in [1.29, 1.82) is 0 Å². The summed E-state index contributed by atoms with van der Waals surface area (Å²) < 4.78 is 0. The van der Waals surface area contributed by atoms with Crippen LogP contribution in [0, 0.1) is 0 Å². The zero-order valence-electron chi connectivity index (χ0n) is 22.1. The van der Waals surface area contributed by atoms with Gasteiger partial charge in [0.15, 0.2) is 0 Å². The van der Waals surface area contributed by atoms with Crippen LogP contribution in [0.15, 0.2) is 84.9 Å². The first-order valence-corrected chi connectivity index (χ1v) is 12.7. The van der Waals surface area contributed by atoms with E-state index in [4.69, 9.17) is 5.11 Å². The van der Waals surface area contributed by atoms with Gasteiger partial charge in [-0.15, -0.1) is 0 Å². The number of carboxylic acids is 1. The summed E-state index contributed by atoms with van der Waals surface area (Å²) in [6, 6.07) is 26.7. The molecule has 0 spiro atoms. The maximum absolute atomic E-state index is 12.1. The standard InChI is InChI=1S/C23H31N3O2.C7H6O2.H2O/c1-3-14-24-23(28)19-9-11-20(12-10-19)25(2)22(18-7-5-4-6-8-18)17-26-15-13-21(27)16-26;8-7(9)6-4-2-1-3-5-6;/h4-12,21-22,27H,3,13-17H2,1-2H3,(H,24,28);1-5H,(H,8,9);1H2/t21-,22+;;/m0../s1. The second-order valence-electron chi connectivity index (χ2n) is 9.21. The molecule has 5 N–H and O–H groups in total. The number of aliphatic hydroxyl groups is 1. The van der Waals surface area contributed by atoms with Crippen LogP contribution in [0.3, 0.4) is 0 Å². The fourth-order valence-corrected chi connectivity index (χ4v) is 4.30. The molecule has 3 aromatic rings. The van der Waals surface area contributed by atoms with Gasteiger partial charge in [0, 0.05) is 44.5 Å². The van der Waals surface area contributed by atoms with Crippen molar-refractivity contribution in [2.75, 3.05) is 38.1 Å². The summed E-state index contributed by atoms with van der Waals surface area (Å²) in [5.41, 5.74) is 3.33. The molecule has 38 heavy (non-hydrogen) atoms. The summed E-state index contributed by atoms with van der Waals surface area (Å²) in [7, 11) is 2.09. The van der Waals surface area contributed by atoms with Crippen LogP contribution in [0.5, 0.6) is 0 Å². The van der Waals surface area contributed by atoms with E-state index >= 15 is 0 Å². The number of hydrogen-bond acceptors (Lipinski definition) is 5. The van der Waals surface area contributed by atoms with Crippen molar-refractivity contribution in [3.63, 3.8) is 0 Å². The number of rotatable bonds is 9. The number of aliphatic hydroxyl groups excluding tert-OH is 1. The highest BCUT2D eigenvalue weighted by Gasteiger charge is 2.26. The molecule has 2 atom stereocenters. The Balaban J connectivity index is 0.000000430. The van der Waals surface area contributed by atoms with Gasteiger partial charge in [-0.1, -0.05) is 55.5 Å². The average molecular weight is 522 g/mol. The molecule has 1 heterocycles. The highest BCUT2D eigenvalue weighted by Crippen LogP contribution is 2.28. The van der Waals surface area contributed by atoms with Crippen molar-refractivity contribution in [3.8, 4) is 0 Å². The van der Waals surface area contributed by atoms with Gasteiger partial charge in [-0.05, 0) is 54.8 Å². The van der Waals surface area contributed by atoms with E-state index in [1.807, 2.05) is 37.3 Å². The summed E-state index contributed by atoms with van der Waals surface area (Å²) in [6.07, 6.45) is 1.55. The van der Waals surface area contributed by atoms with Gasteiger partial charge in [-0.25, -0.2) is 4.79 Å². The molecular weight excluding hydrogens is 482 g/mol. The average Bonchev–Trinajstić information content (AvgIpc) is 3.36. The van der Waals surface area contributed by atoms with Crippen LogP contribution in [-0.2, 0) is 0 Å². The molecular formula is C30H39N3O5.